The van der Waals surface area contributed by atoms with E-state index in [0.717, 1.165) is 139 Å². The summed E-state index contributed by atoms with van der Waals surface area (Å²) in [6, 6.07) is 59.2. The molecule has 0 bridgehead atoms. The molecule has 8 heterocycles. The number of aromatic amines is 1. The number of rotatable bonds is 9. The van der Waals surface area contributed by atoms with Crippen molar-refractivity contribution >= 4 is 65.6 Å². The van der Waals surface area contributed by atoms with E-state index in [9.17, 15) is 0 Å². The van der Waals surface area contributed by atoms with E-state index in [-0.39, 0.29) is 6.04 Å². The molecule has 7 aromatic carbocycles. The summed E-state index contributed by atoms with van der Waals surface area (Å²) in [6.45, 7) is 8.71. The first-order chi connectivity index (χ1) is 37.8. The number of fused-ring (bicyclic) bond motifs is 9. The van der Waals surface area contributed by atoms with Crippen LogP contribution in [0.5, 0.6) is 0 Å². The van der Waals surface area contributed by atoms with Gasteiger partial charge in [0.25, 0.3) is 0 Å². The average Bonchev–Trinajstić information content (AvgIpc) is 4.52. The molecule has 0 atom stereocenters. The zero-order valence-electron chi connectivity index (χ0n) is 42.7. The SMILES string of the molecule is Cc1nc(-c2cccc(-n3c4ccccc4c4cc(-c5cc(-c6cccc(-c7ccc[nH]7)c6)c6oc7c(-c8cccc(-c9ncco9)c8)cc(-n8c9cnccc9c9ccncc98)cc7c6c5)ccc43)c2)n(C(C)C)c1C. The topological polar surface area (TPSA) is 108 Å². The van der Waals surface area contributed by atoms with Crippen LogP contribution in [0.1, 0.15) is 31.3 Å². The predicted molar refractivity (Wildman–Crippen MR) is 311 cm³/mol. The van der Waals surface area contributed by atoms with Crippen LogP contribution >= 0.6 is 0 Å². The second-order valence-corrected chi connectivity index (χ2v) is 20.3. The summed E-state index contributed by atoms with van der Waals surface area (Å²) in [5.41, 5.74) is 20.2. The Hall–Kier alpha value is -10.1. The minimum absolute atomic E-state index is 0.270. The Morgan fingerprint density at radius 2 is 1.14 bits per heavy atom. The van der Waals surface area contributed by atoms with Crippen molar-refractivity contribution in [2.24, 2.45) is 0 Å². The quantitative estimate of drug-likeness (QED) is 0.154. The van der Waals surface area contributed by atoms with Crippen molar-refractivity contribution in [1.82, 2.24) is 38.6 Å². The number of aromatic nitrogens is 8. The smallest absolute Gasteiger partial charge is 0.225 e. The molecular formula is C67H48N8O2. The van der Waals surface area contributed by atoms with Gasteiger partial charge in [0.15, 0.2) is 0 Å². The highest BCUT2D eigenvalue weighted by atomic mass is 16.3. The highest BCUT2D eigenvalue weighted by molar-refractivity contribution is 6.17. The van der Waals surface area contributed by atoms with Gasteiger partial charge < -0.3 is 27.5 Å². The minimum Gasteiger partial charge on any atom is -0.455 e. The number of para-hydroxylation sites is 1. The van der Waals surface area contributed by atoms with E-state index in [4.69, 9.17) is 13.8 Å². The van der Waals surface area contributed by atoms with E-state index < -0.39 is 0 Å². The van der Waals surface area contributed by atoms with Crippen molar-refractivity contribution in [1.29, 1.82) is 0 Å². The molecule has 10 heteroatoms. The Morgan fingerprint density at radius 1 is 0.481 bits per heavy atom. The van der Waals surface area contributed by atoms with E-state index in [1.165, 1.54) is 11.1 Å². The lowest BCUT2D eigenvalue weighted by atomic mass is 9.93. The first-order valence-electron chi connectivity index (χ1n) is 26.0. The van der Waals surface area contributed by atoms with Crippen molar-refractivity contribution in [2.45, 2.75) is 33.7 Å². The largest absolute Gasteiger partial charge is 0.455 e. The molecule has 10 nitrogen and oxygen atoms in total. The molecule has 15 rings (SSSR count). The summed E-state index contributed by atoms with van der Waals surface area (Å²) < 4.78 is 20.2. The molecular weight excluding hydrogens is 949 g/mol. The molecule has 0 fully saturated rings. The van der Waals surface area contributed by atoms with Crippen molar-refractivity contribution in [3.05, 3.63) is 219 Å². The molecule has 0 aliphatic carbocycles. The van der Waals surface area contributed by atoms with Crippen LogP contribution in [-0.4, -0.2) is 38.6 Å². The molecule has 0 radical (unpaired) electrons. The van der Waals surface area contributed by atoms with Crippen LogP contribution in [0.4, 0.5) is 0 Å². The molecule has 0 unspecified atom stereocenters. The third-order valence-corrected chi connectivity index (χ3v) is 15.5. The van der Waals surface area contributed by atoms with Gasteiger partial charge in [-0.1, -0.05) is 66.7 Å². The van der Waals surface area contributed by atoms with Crippen LogP contribution < -0.4 is 0 Å². The summed E-state index contributed by atoms with van der Waals surface area (Å²) in [5, 5.41) is 6.50. The van der Waals surface area contributed by atoms with E-state index in [1.54, 1.807) is 12.5 Å². The zero-order chi connectivity index (χ0) is 51.5. The van der Waals surface area contributed by atoms with Gasteiger partial charge in [0.05, 0.1) is 46.4 Å². The van der Waals surface area contributed by atoms with Gasteiger partial charge in [-0.05, 0) is 153 Å². The Morgan fingerprint density at radius 3 is 1.90 bits per heavy atom. The lowest BCUT2D eigenvalue weighted by Gasteiger charge is -2.15. The summed E-state index contributed by atoms with van der Waals surface area (Å²) in [6.07, 6.45) is 12.8. The lowest BCUT2D eigenvalue weighted by molar-refractivity contribution is 0.574. The minimum atomic E-state index is 0.270. The van der Waals surface area contributed by atoms with Gasteiger partial charge >= 0.3 is 0 Å². The van der Waals surface area contributed by atoms with Crippen molar-refractivity contribution in [2.75, 3.05) is 0 Å². The van der Waals surface area contributed by atoms with E-state index in [1.807, 2.05) is 49.2 Å². The van der Waals surface area contributed by atoms with Gasteiger partial charge in [0.1, 0.15) is 23.3 Å². The first-order valence-corrected chi connectivity index (χ1v) is 26.0. The summed E-state index contributed by atoms with van der Waals surface area (Å²) in [4.78, 5) is 22.3. The van der Waals surface area contributed by atoms with Crippen LogP contribution in [0.3, 0.4) is 0 Å². The maximum atomic E-state index is 7.38. The maximum absolute atomic E-state index is 7.38. The first kappa shape index (κ1) is 44.4. The van der Waals surface area contributed by atoms with Gasteiger partial charge in [-0.25, -0.2) is 9.97 Å². The van der Waals surface area contributed by atoms with E-state index >= 15 is 0 Å². The van der Waals surface area contributed by atoms with Crippen LogP contribution in [-0.2, 0) is 0 Å². The highest BCUT2D eigenvalue weighted by Crippen LogP contribution is 2.46. The van der Waals surface area contributed by atoms with Gasteiger partial charge in [0, 0.05) is 102 Å². The average molecular weight is 997 g/mol. The summed E-state index contributed by atoms with van der Waals surface area (Å²) >= 11 is 0. The third-order valence-electron chi connectivity index (χ3n) is 15.5. The Bertz CT molecular complexity index is 4760. The van der Waals surface area contributed by atoms with Gasteiger partial charge in [-0.2, -0.15) is 0 Å². The molecule has 368 valence electrons. The number of oxazole rings is 1. The monoisotopic (exact) mass is 996 g/mol. The molecule has 0 aliphatic rings. The number of nitrogens with one attached hydrogen (secondary N) is 1. The molecule has 1 N–H and O–H groups in total. The number of pyridine rings is 2. The van der Waals surface area contributed by atoms with Crippen LogP contribution in [0, 0.1) is 13.8 Å². The van der Waals surface area contributed by atoms with Crippen LogP contribution in [0.2, 0.25) is 0 Å². The number of H-pyrrole nitrogens is 1. The van der Waals surface area contributed by atoms with Crippen molar-refractivity contribution < 1.29 is 8.83 Å². The lowest BCUT2D eigenvalue weighted by Crippen LogP contribution is -2.05. The standard InChI is InChI=1S/C67H48N8O2/c1-39(2)73-41(4)40(3)72-66(73)46-14-9-16-49(31-46)74-60-19-6-5-17-51(60)56-32-42(20-21-61(56)74)48-33-54(43-11-7-13-45(29-43)59-18-10-24-70-59)64-57(34-48)58-36-50(75-62-37-68-25-22-52(62)53-23-26-69-38-63(53)75)35-55(65(58)77-64)44-12-8-15-47(30-44)67-71-27-28-76-67/h5-39,70H,1-4H3. The Labute approximate surface area is 442 Å². The van der Waals surface area contributed by atoms with Crippen molar-refractivity contribution in [3.8, 4) is 78.9 Å². The number of nitrogens with zero attached hydrogens (tertiary/aromatic N) is 7. The summed E-state index contributed by atoms with van der Waals surface area (Å²) in [7, 11) is 0. The zero-order valence-corrected chi connectivity index (χ0v) is 42.7. The Balaban J connectivity index is 0.988. The highest BCUT2D eigenvalue weighted by Gasteiger charge is 2.24. The summed E-state index contributed by atoms with van der Waals surface area (Å²) in [5.74, 6) is 1.53. The number of benzene rings is 7. The molecule has 15 aromatic rings. The van der Waals surface area contributed by atoms with Crippen LogP contribution in [0.25, 0.3) is 144 Å². The van der Waals surface area contributed by atoms with Crippen molar-refractivity contribution in [3.63, 3.8) is 0 Å². The molecule has 0 amide bonds. The van der Waals surface area contributed by atoms with Crippen LogP contribution in [0.15, 0.2) is 216 Å². The van der Waals surface area contributed by atoms with Gasteiger partial charge in [0.2, 0.25) is 5.89 Å². The fourth-order valence-corrected chi connectivity index (χ4v) is 11.9. The maximum Gasteiger partial charge on any atom is 0.225 e. The number of furan rings is 1. The second kappa shape index (κ2) is 17.3. The van der Waals surface area contributed by atoms with E-state index in [2.05, 4.69) is 207 Å². The molecule has 77 heavy (non-hydrogen) atoms. The number of aryl methyl sites for hydroxylation is 1. The number of hydrogen-bond acceptors (Lipinski definition) is 6. The third kappa shape index (κ3) is 7.02. The predicted octanol–water partition coefficient (Wildman–Crippen LogP) is 17.3. The second-order valence-electron chi connectivity index (χ2n) is 20.3. The normalized spacial score (nSPS) is 12.0. The number of hydrogen-bond donors (Lipinski definition) is 1. The van der Waals surface area contributed by atoms with Gasteiger partial charge in [-0.3, -0.25) is 9.97 Å². The Kier molecular flexibility index (Phi) is 9.96. The molecule has 8 aromatic heterocycles. The molecule has 0 saturated carbocycles. The van der Waals surface area contributed by atoms with Gasteiger partial charge in [-0.15, -0.1) is 0 Å². The molecule has 0 aliphatic heterocycles. The number of imidazole rings is 1. The fraction of sp³-hybridized carbons (Fsp3) is 0.0746. The molecule has 0 spiro atoms. The fourth-order valence-electron chi connectivity index (χ4n) is 11.9. The van der Waals surface area contributed by atoms with E-state index in [0.29, 0.717) is 5.89 Å². The molecule has 0 saturated heterocycles.